The monoisotopic (exact) mass is 302 g/mol. The molecule has 1 aromatic carbocycles. The Balaban J connectivity index is 1.95. The van der Waals surface area contributed by atoms with Crippen LogP contribution in [0.1, 0.15) is 16.1 Å². The lowest BCUT2D eigenvalue weighted by molar-refractivity contribution is -0.121. The van der Waals surface area contributed by atoms with Crippen LogP contribution in [0.15, 0.2) is 36.5 Å². The fourth-order valence-corrected chi connectivity index (χ4v) is 2.08. The summed E-state index contributed by atoms with van der Waals surface area (Å²) in [4.78, 5) is 22.7. The van der Waals surface area contributed by atoms with Crippen molar-refractivity contribution in [2.24, 2.45) is 0 Å². The standard InChI is InChI=1S/C16H18N2O4/c1-21-14-6-5-12(8-15(14)22-2)9-17-16(20)10-18-7-3-4-13(18)11-19/h3-8,11H,9-10H2,1-2H3,(H,17,20). The zero-order valence-corrected chi connectivity index (χ0v) is 12.5. The summed E-state index contributed by atoms with van der Waals surface area (Å²) in [5, 5.41) is 2.81. The van der Waals surface area contributed by atoms with Gasteiger partial charge in [0.25, 0.3) is 0 Å². The molecule has 2 rings (SSSR count). The number of amides is 1. The molecule has 116 valence electrons. The largest absolute Gasteiger partial charge is 0.493 e. The van der Waals surface area contributed by atoms with E-state index in [0.717, 1.165) is 11.8 Å². The summed E-state index contributed by atoms with van der Waals surface area (Å²) in [6, 6.07) is 8.84. The first-order valence-corrected chi connectivity index (χ1v) is 6.76. The van der Waals surface area contributed by atoms with Gasteiger partial charge in [0.1, 0.15) is 6.54 Å². The van der Waals surface area contributed by atoms with Gasteiger partial charge in [-0.25, -0.2) is 0 Å². The highest BCUT2D eigenvalue weighted by Gasteiger charge is 2.08. The number of aromatic nitrogens is 1. The number of methoxy groups -OCH3 is 2. The number of hydrogen-bond donors (Lipinski definition) is 1. The van der Waals surface area contributed by atoms with Crippen molar-refractivity contribution in [3.05, 3.63) is 47.8 Å². The second-order valence-corrected chi connectivity index (χ2v) is 4.64. The van der Waals surface area contributed by atoms with Crippen LogP contribution in [0.4, 0.5) is 0 Å². The van der Waals surface area contributed by atoms with E-state index in [1.807, 2.05) is 12.1 Å². The predicted octanol–water partition coefficient (Wildman–Crippen LogP) is 1.63. The minimum Gasteiger partial charge on any atom is -0.493 e. The van der Waals surface area contributed by atoms with Gasteiger partial charge in [0.2, 0.25) is 5.91 Å². The molecule has 1 amide bonds. The summed E-state index contributed by atoms with van der Waals surface area (Å²) in [5.41, 5.74) is 1.37. The molecule has 0 saturated carbocycles. The van der Waals surface area contributed by atoms with E-state index in [1.165, 1.54) is 0 Å². The predicted molar refractivity (Wildman–Crippen MR) is 81.2 cm³/mol. The Kier molecular flexibility index (Phi) is 5.19. The first-order valence-electron chi connectivity index (χ1n) is 6.76. The van der Waals surface area contributed by atoms with Crippen molar-refractivity contribution in [2.45, 2.75) is 13.1 Å². The van der Waals surface area contributed by atoms with Gasteiger partial charge >= 0.3 is 0 Å². The maximum atomic E-state index is 11.9. The third kappa shape index (κ3) is 3.66. The molecule has 0 spiro atoms. The summed E-state index contributed by atoms with van der Waals surface area (Å²) < 4.78 is 12.0. The van der Waals surface area contributed by atoms with Gasteiger partial charge in [-0.15, -0.1) is 0 Å². The maximum Gasteiger partial charge on any atom is 0.240 e. The van der Waals surface area contributed by atoms with Crippen LogP contribution in [0, 0.1) is 0 Å². The molecule has 0 fully saturated rings. The van der Waals surface area contributed by atoms with Crippen LogP contribution in [0.25, 0.3) is 0 Å². The van der Waals surface area contributed by atoms with Gasteiger partial charge < -0.3 is 19.4 Å². The highest BCUT2D eigenvalue weighted by Crippen LogP contribution is 2.27. The SMILES string of the molecule is COc1ccc(CNC(=O)Cn2cccc2C=O)cc1OC. The van der Waals surface area contributed by atoms with Crippen molar-refractivity contribution in [2.75, 3.05) is 14.2 Å². The molecular formula is C16H18N2O4. The summed E-state index contributed by atoms with van der Waals surface area (Å²) in [7, 11) is 3.13. The van der Waals surface area contributed by atoms with Crippen molar-refractivity contribution >= 4 is 12.2 Å². The van der Waals surface area contributed by atoms with Crippen molar-refractivity contribution < 1.29 is 19.1 Å². The molecule has 1 aromatic heterocycles. The zero-order valence-electron chi connectivity index (χ0n) is 12.5. The molecule has 0 aliphatic rings. The molecule has 22 heavy (non-hydrogen) atoms. The minimum absolute atomic E-state index is 0.106. The number of carbonyl (C=O) groups is 2. The van der Waals surface area contributed by atoms with Crippen LogP contribution in [0.2, 0.25) is 0 Å². The van der Waals surface area contributed by atoms with Crippen molar-refractivity contribution in [1.29, 1.82) is 0 Å². The second-order valence-electron chi connectivity index (χ2n) is 4.64. The number of carbonyl (C=O) groups excluding carboxylic acids is 2. The van der Waals surface area contributed by atoms with E-state index in [2.05, 4.69) is 5.32 Å². The molecule has 6 heteroatoms. The van der Waals surface area contributed by atoms with Gasteiger partial charge in [0.05, 0.1) is 19.9 Å². The van der Waals surface area contributed by atoms with E-state index >= 15 is 0 Å². The van der Waals surface area contributed by atoms with Gasteiger partial charge in [-0.3, -0.25) is 9.59 Å². The van der Waals surface area contributed by atoms with Crippen LogP contribution in [0.5, 0.6) is 11.5 Å². The van der Waals surface area contributed by atoms with Gasteiger partial charge in [-0.1, -0.05) is 6.07 Å². The first kappa shape index (κ1) is 15.6. The third-order valence-electron chi connectivity index (χ3n) is 3.24. The number of rotatable bonds is 7. The molecule has 0 aliphatic carbocycles. The Hall–Kier alpha value is -2.76. The summed E-state index contributed by atoms with van der Waals surface area (Å²) in [5.74, 6) is 1.08. The van der Waals surface area contributed by atoms with Crippen molar-refractivity contribution in [3.8, 4) is 11.5 Å². The van der Waals surface area contributed by atoms with Crippen LogP contribution in [-0.4, -0.2) is 31.0 Å². The van der Waals surface area contributed by atoms with Crippen molar-refractivity contribution in [3.63, 3.8) is 0 Å². The van der Waals surface area contributed by atoms with Crippen LogP contribution in [-0.2, 0) is 17.9 Å². The molecule has 0 unspecified atom stereocenters. The average molecular weight is 302 g/mol. The van der Waals surface area contributed by atoms with E-state index in [0.29, 0.717) is 23.7 Å². The Bertz CT molecular complexity index is 664. The molecule has 1 N–H and O–H groups in total. The topological polar surface area (TPSA) is 69.6 Å². The van der Waals surface area contributed by atoms with Gasteiger partial charge in [0.15, 0.2) is 17.8 Å². The average Bonchev–Trinajstić information content (AvgIpc) is 2.99. The Labute approximate surface area is 128 Å². The number of ether oxygens (including phenoxy) is 2. The quantitative estimate of drug-likeness (QED) is 0.789. The van der Waals surface area contributed by atoms with Crippen LogP contribution >= 0.6 is 0 Å². The smallest absolute Gasteiger partial charge is 0.240 e. The number of nitrogens with one attached hydrogen (secondary N) is 1. The van der Waals surface area contributed by atoms with Crippen LogP contribution < -0.4 is 14.8 Å². The molecule has 0 radical (unpaired) electrons. The van der Waals surface area contributed by atoms with Gasteiger partial charge in [-0.05, 0) is 29.8 Å². The van der Waals surface area contributed by atoms with Crippen molar-refractivity contribution in [1.82, 2.24) is 9.88 Å². The highest BCUT2D eigenvalue weighted by molar-refractivity contribution is 5.78. The normalized spacial score (nSPS) is 10.1. The van der Waals surface area contributed by atoms with E-state index < -0.39 is 0 Å². The molecule has 0 saturated heterocycles. The van der Waals surface area contributed by atoms with E-state index in [-0.39, 0.29) is 12.5 Å². The van der Waals surface area contributed by atoms with Gasteiger partial charge in [0, 0.05) is 12.7 Å². The lowest BCUT2D eigenvalue weighted by Gasteiger charge is -2.11. The fraction of sp³-hybridized carbons (Fsp3) is 0.250. The molecule has 0 bridgehead atoms. The lowest BCUT2D eigenvalue weighted by Crippen LogP contribution is -2.27. The number of hydrogen-bond acceptors (Lipinski definition) is 4. The lowest BCUT2D eigenvalue weighted by atomic mass is 10.2. The Morgan fingerprint density at radius 2 is 2.00 bits per heavy atom. The first-order chi connectivity index (χ1) is 10.7. The molecule has 6 nitrogen and oxygen atoms in total. The maximum absolute atomic E-state index is 11.9. The number of benzene rings is 1. The summed E-state index contributed by atoms with van der Waals surface area (Å²) >= 11 is 0. The Morgan fingerprint density at radius 1 is 1.23 bits per heavy atom. The van der Waals surface area contributed by atoms with E-state index in [1.54, 1.807) is 43.2 Å². The zero-order chi connectivity index (χ0) is 15.9. The molecule has 0 aliphatic heterocycles. The number of aldehydes is 1. The minimum atomic E-state index is -0.172. The summed E-state index contributed by atoms with van der Waals surface area (Å²) in [6.07, 6.45) is 2.42. The summed E-state index contributed by atoms with van der Waals surface area (Å²) in [6.45, 7) is 0.477. The molecular weight excluding hydrogens is 284 g/mol. The van der Waals surface area contributed by atoms with E-state index in [9.17, 15) is 9.59 Å². The molecule has 1 heterocycles. The van der Waals surface area contributed by atoms with E-state index in [4.69, 9.17) is 9.47 Å². The third-order valence-corrected chi connectivity index (χ3v) is 3.24. The van der Waals surface area contributed by atoms with Crippen LogP contribution in [0.3, 0.4) is 0 Å². The second kappa shape index (κ2) is 7.31. The molecule has 2 aromatic rings. The Morgan fingerprint density at radius 3 is 2.68 bits per heavy atom. The van der Waals surface area contributed by atoms with Gasteiger partial charge in [-0.2, -0.15) is 0 Å². The highest BCUT2D eigenvalue weighted by atomic mass is 16.5. The number of nitrogens with zero attached hydrogens (tertiary/aromatic N) is 1. The fourth-order valence-electron chi connectivity index (χ4n) is 2.08. The molecule has 0 atom stereocenters.